The van der Waals surface area contributed by atoms with Gasteiger partial charge in [0.05, 0.1) is 0 Å². The number of benzene rings is 1. The van der Waals surface area contributed by atoms with Crippen molar-refractivity contribution in [3.8, 4) is 0 Å². The van der Waals surface area contributed by atoms with Gasteiger partial charge in [0, 0.05) is 12.7 Å². The Balaban J connectivity index is 3.19. The second-order valence-corrected chi connectivity index (χ2v) is 3.37. The lowest BCUT2D eigenvalue weighted by atomic mass is 10.0. The Kier molecular flexibility index (Phi) is 3.52. The molecule has 0 unspecified atom stereocenters. The molecule has 0 saturated heterocycles. The zero-order chi connectivity index (χ0) is 10.6. The zero-order valence-electron chi connectivity index (χ0n) is 9.09. The molecule has 0 spiro atoms. The largest absolute Gasteiger partial charge is 0.388 e. The summed E-state index contributed by atoms with van der Waals surface area (Å²) >= 11 is 0. The first-order valence-corrected chi connectivity index (χ1v) is 4.78. The summed E-state index contributed by atoms with van der Waals surface area (Å²) in [5, 5.41) is 3.15. The van der Waals surface area contributed by atoms with E-state index in [1.54, 1.807) is 0 Å². The van der Waals surface area contributed by atoms with Crippen molar-refractivity contribution in [2.45, 2.75) is 13.8 Å². The van der Waals surface area contributed by atoms with Crippen LogP contribution in [0.2, 0.25) is 0 Å². The van der Waals surface area contributed by atoms with Crippen LogP contribution in [0.5, 0.6) is 0 Å². The van der Waals surface area contributed by atoms with Crippen LogP contribution in [0, 0.1) is 0 Å². The summed E-state index contributed by atoms with van der Waals surface area (Å²) in [6.07, 6.45) is 4.13. The predicted octanol–water partition coefficient (Wildman–Crippen LogP) is 3.79. The van der Waals surface area contributed by atoms with Gasteiger partial charge in [-0.2, -0.15) is 0 Å². The highest BCUT2D eigenvalue weighted by molar-refractivity contribution is 5.70. The highest BCUT2D eigenvalue weighted by Crippen LogP contribution is 2.20. The van der Waals surface area contributed by atoms with E-state index in [0.717, 1.165) is 11.3 Å². The number of rotatable bonds is 3. The van der Waals surface area contributed by atoms with Crippen LogP contribution in [0.1, 0.15) is 25.0 Å². The summed E-state index contributed by atoms with van der Waals surface area (Å²) in [6.45, 7) is 7.99. The van der Waals surface area contributed by atoms with Gasteiger partial charge in [-0.3, -0.25) is 0 Å². The fraction of sp³-hybridized carbons (Fsp3) is 0.231. The van der Waals surface area contributed by atoms with E-state index in [2.05, 4.69) is 36.2 Å². The number of anilines is 1. The molecule has 0 radical (unpaired) electrons. The lowest BCUT2D eigenvalue weighted by molar-refractivity contribution is 1.47. The van der Waals surface area contributed by atoms with E-state index in [0.29, 0.717) is 0 Å². The van der Waals surface area contributed by atoms with E-state index in [4.69, 9.17) is 0 Å². The maximum atomic E-state index is 3.95. The van der Waals surface area contributed by atoms with Gasteiger partial charge in [-0.1, -0.05) is 24.3 Å². The monoisotopic (exact) mass is 187 g/mol. The molecule has 1 aromatic rings. The standard InChI is InChI=1S/C13H17N/c1-5-6-11-7-12(10(2)3)9-13(8-11)14-4/h5-9,14H,2H2,1,3-4H3. The van der Waals surface area contributed by atoms with Crippen LogP contribution in [0.4, 0.5) is 5.69 Å². The van der Waals surface area contributed by atoms with Crippen LogP contribution in [-0.2, 0) is 0 Å². The van der Waals surface area contributed by atoms with Crippen molar-refractivity contribution in [1.29, 1.82) is 0 Å². The Labute approximate surface area is 86.2 Å². The highest BCUT2D eigenvalue weighted by atomic mass is 14.8. The third-order valence-electron chi connectivity index (χ3n) is 2.10. The zero-order valence-corrected chi connectivity index (χ0v) is 9.09. The molecule has 14 heavy (non-hydrogen) atoms. The van der Waals surface area contributed by atoms with Crippen LogP contribution in [0.25, 0.3) is 11.6 Å². The minimum atomic E-state index is 1.09. The number of hydrogen-bond acceptors (Lipinski definition) is 1. The normalized spacial score (nSPS) is 10.5. The number of nitrogens with one attached hydrogen (secondary N) is 1. The summed E-state index contributed by atoms with van der Waals surface area (Å²) in [5.41, 5.74) is 4.61. The summed E-state index contributed by atoms with van der Waals surface area (Å²) < 4.78 is 0. The summed E-state index contributed by atoms with van der Waals surface area (Å²) in [7, 11) is 1.93. The highest BCUT2D eigenvalue weighted by Gasteiger charge is 1.98. The number of hydrogen-bond donors (Lipinski definition) is 1. The smallest absolute Gasteiger partial charge is 0.0349 e. The first-order chi connectivity index (χ1) is 6.67. The van der Waals surface area contributed by atoms with E-state index >= 15 is 0 Å². The van der Waals surface area contributed by atoms with Crippen molar-refractivity contribution in [2.24, 2.45) is 0 Å². The minimum Gasteiger partial charge on any atom is -0.388 e. The molecule has 0 heterocycles. The van der Waals surface area contributed by atoms with Gasteiger partial charge in [0.1, 0.15) is 0 Å². The molecule has 1 N–H and O–H groups in total. The molecule has 0 bridgehead atoms. The van der Waals surface area contributed by atoms with Gasteiger partial charge in [0.25, 0.3) is 0 Å². The van der Waals surface area contributed by atoms with E-state index in [9.17, 15) is 0 Å². The van der Waals surface area contributed by atoms with Gasteiger partial charge < -0.3 is 5.32 Å². The van der Waals surface area contributed by atoms with E-state index in [-0.39, 0.29) is 0 Å². The third kappa shape index (κ3) is 2.49. The topological polar surface area (TPSA) is 12.0 Å². The molecule has 0 aromatic heterocycles. The molecule has 1 heteroatoms. The van der Waals surface area contributed by atoms with Gasteiger partial charge in [-0.15, -0.1) is 0 Å². The summed E-state index contributed by atoms with van der Waals surface area (Å²) in [5.74, 6) is 0. The van der Waals surface area contributed by atoms with Crippen LogP contribution < -0.4 is 5.32 Å². The Morgan fingerprint density at radius 1 is 1.36 bits per heavy atom. The van der Waals surface area contributed by atoms with Crippen molar-refractivity contribution in [3.63, 3.8) is 0 Å². The van der Waals surface area contributed by atoms with E-state index < -0.39 is 0 Å². The molecule has 0 atom stereocenters. The molecule has 1 nitrogen and oxygen atoms in total. The Bertz CT molecular complexity index is 361. The average Bonchev–Trinajstić information content (AvgIpc) is 2.17. The fourth-order valence-corrected chi connectivity index (χ4v) is 1.33. The van der Waals surface area contributed by atoms with Crippen molar-refractivity contribution >= 4 is 17.3 Å². The third-order valence-corrected chi connectivity index (χ3v) is 2.10. The lowest BCUT2D eigenvalue weighted by Gasteiger charge is -2.06. The van der Waals surface area contributed by atoms with Crippen LogP contribution in [0.3, 0.4) is 0 Å². The molecular formula is C13H17N. The SMILES string of the molecule is C=C(C)c1cc(C=CC)cc(NC)c1. The van der Waals surface area contributed by atoms with Crippen LogP contribution >= 0.6 is 0 Å². The maximum Gasteiger partial charge on any atom is 0.0349 e. The molecule has 0 saturated carbocycles. The predicted molar refractivity (Wildman–Crippen MR) is 65.4 cm³/mol. The van der Waals surface area contributed by atoms with Gasteiger partial charge in [0.2, 0.25) is 0 Å². The van der Waals surface area contributed by atoms with Crippen molar-refractivity contribution in [3.05, 3.63) is 42.0 Å². The van der Waals surface area contributed by atoms with Gasteiger partial charge in [0.15, 0.2) is 0 Å². The van der Waals surface area contributed by atoms with Gasteiger partial charge in [-0.05, 0) is 43.2 Å². The van der Waals surface area contributed by atoms with Crippen molar-refractivity contribution < 1.29 is 0 Å². The molecule has 1 rings (SSSR count). The molecule has 0 fully saturated rings. The van der Waals surface area contributed by atoms with Crippen molar-refractivity contribution in [2.75, 3.05) is 12.4 Å². The summed E-state index contributed by atoms with van der Waals surface area (Å²) in [6, 6.07) is 6.37. The van der Waals surface area contributed by atoms with Gasteiger partial charge in [-0.25, -0.2) is 0 Å². The quantitative estimate of drug-likeness (QED) is 0.759. The minimum absolute atomic E-state index is 1.09. The number of allylic oxidation sites excluding steroid dienone is 2. The fourth-order valence-electron chi connectivity index (χ4n) is 1.33. The molecule has 74 valence electrons. The lowest BCUT2D eigenvalue weighted by Crippen LogP contribution is -1.90. The molecule has 0 aliphatic heterocycles. The Morgan fingerprint density at radius 3 is 2.57 bits per heavy atom. The van der Waals surface area contributed by atoms with E-state index in [1.807, 2.05) is 27.0 Å². The molecule has 0 amide bonds. The molecule has 0 aliphatic carbocycles. The maximum absolute atomic E-state index is 3.95. The van der Waals surface area contributed by atoms with Gasteiger partial charge >= 0.3 is 0 Å². The molecule has 0 aliphatic rings. The Morgan fingerprint density at radius 2 is 2.07 bits per heavy atom. The Hall–Kier alpha value is -1.50. The molecule has 1 aromatic carbocycles. The summed E-state index contributed by atoms with van der Waals surface area (Å²) in [4.78, 5) is 0. The van der Waals surface area contributed by atoms with E-state index in [1.165, 1.54) is 11.1 Å². The second-order valence-electron chi connectivity index (χ2n) is 3.37. The second kappa shape index (κ2) is 4.66. The first-order valence-electron chi connectivity index (χ1n) is 4.78. The van der Waals surface area contributed by atoms with Crippen molar-refractivity contribution in [1.82, 2.24) is 0 Å². The first kappa shape index (κ1) is 10.6. The van der Waals surface area contributed by atoms with Crippen LogP contribution in [-0.4, -0.2) is 7.05 Å². The average molecular weight is 187 g/mol. The van der Waals surface area contributed by atoms with Crippen LogP contribution in [0.15, 0.2) is 30.9 Å². The molecular weight excluding hydrogens is 170 g/mol.